The van der Waals surface area contributed by atoms with Gasteiger partial charge in [0.15, 0.2) is 0 Å². The van der Waals surface area contributed by atoms with E-state index in [4.69, 9.17) is 0 Å². The summed E-state index contributed by atoms with van der Waals surface area (Å²) in [7, 11) is -3.61. The highest BCUT2D eigenvalue weighted by molar-refractivity contribution is 7.89. The summed E-state index contributed by atoms with van der Waals surface area (Å²) in [5.74, 6) is -0.340. The highest BCUT2D eigenvalue weighted by Crippen LogP contribution is 2.24. The van der Waals surface area contributed by atoms with Crippen LogP contribution in [0.4, 0.5) is 5.69 Å². The second-order valence-corrected chi connectivity index (χ2v) is 7.90. The van der Waals surface area contributed by atoms with E-state index in [1.807, 2.05) is 6.08 Å². The fourth-order valence-corrected chi connectivity index (χ4v) is 4.21. The number of nitrogens with zero attached hydrogens (tertiary/aromatic N) is 1. The van der Waals surface area contributed by atoms with Gasteiger partial charge in [-0.05, 0) is 49.9 Å². The van der Waals surface area contributed by atoms with Gasteiger partial charge in [-0.3, -0.25) is 9.52 Å². The van der Waals surface area contributed by atoms with Gasteiger partial charge in [0.2, 0.25) is 0 Å². The summed E-state index contributed by atoms with van der Waals surface area (Å²) in [6, 6.07) is 6.19. The number of amides is 1. The zero-order valence-corrected chi connectivity index (χ0v) is 14.3. The minimum absolute atomic E-state index is 0.170. The average molecular weight is 350 g/mol. The number of rotatable bonds is 4. The summed E-state index contributed by atoms with van der Waals surface area (Å²) in [6.45, 7) is 0.442. The number of benzene rings is 1. The number of aliphatic hydroxyl groups is 1. The van der Waals surface area contributed by atoms with Gasteiger partial charge in [0.05, 0.1) is 4.90 Å². The van der Waals surface area contributed by atoms with Gasteiger partial charge in [0.25, 0.3) is 15.9 Å². The minimum Gasteiger partial charge on any atom is -0.383 e. The third kappa shape index (κ3) is 3.62. The second kappa shape index (κ2) is 6.94. The summed E-state index contributed by atoms with van der Waals surface area (Å²) < 4.78 is 27.6. The third-order valence-corrected chi connectivity index (χ3v) is 5.87. The maximum Gasteiger partial charge on any atom is 0.261 e. The number of sulfonamides is 1. The van der Waals surface area contributed by atoms with E-state index in [9.17, 15) is 18.3 Å². The van der Waals surface area contributed by atoms with Gasteiger partial charge in [0, 0.05) is 24.4 Å². The molecule has 0 spiro atoms. The Hall–Kier alpha value is -1.86. The van der Waals surface area contributed by atoms with Gasteiger partial charge in [-0.15, -0.1) is 0 Å². The van der Waals surface area contributed by atoms with Crippen molar-refractivity contribution in [3.63, 3.8) is 0 Å². The number of hydrogen-bond acceptors (Lipinski definition) is 4. The standard InChI is InChI=1S/C17H22N2O4S/c20-16-11-12-19(17(16)21)14-7-9-15(10-8-14)24(22,23)18-13-5-3-1-2-4-6-13/h5,7-10,16,18,20H,1-4,6,11-12H2/t16-/m1/s1. The lowest BCUT2D eigenvalue weighted by atomic mass is 10.2. The average Bonchev–Trinajstić information content (AvgIpc) is 2.76. The van der Waals surface area contributed by atoms with E-state index < -0.39 is 16.1 Å². The number of allylic oxidation sites excluding steroid dienone is 2. The summed E-state index contributed by atoms with van der Waals surface area (Å²) in [4.78, 5) is 13.5. The Balaban J connectivity index is 1.74. The summed E-state index contributed by atoms with van der Waals surface area (Å²) in [6.07, 6.45) is 6.25. The Bertz CT molecular complexity index is 740. The van der Waals surface area contributed by atoms with Crippen molar-refractivity contribution in [3.05, 3.63) is 36.0 Å². The van der Waals surface area contributed by atoms with E-state index in [1.54, 1.807) is 12.1 Å². The Morgan fingerprint density at radius 3 is 2.54 bits per heavy atom. The Morgan fingerprint density at radius 2 is 1.88 bits per heavy atom. The first-order valence-electron chi connectivity index (χ1n) is 8.29. The minimum atomic E-state index is -3.61. The number of hydrogen-bond donors (Lipinski definition) is 2. The zero-order valence-electron chi connectivity index (χ0n) is 13.4. The van der Waals surface area contributed by atoms with Crippen molar-refractivity contribution in [1.29, 1.82) is 0 Å². The normalized spacial score (nSPS) is 22.2. The lowest BCUT2D eigenvalue weighted by molar-refractivity contribution is -0.123. The van der Waals surface area contributed by atoms with E-state index in [1.165, 1.54) is 17.0 Å². The molecule has 1 aliphatic carbocycles. The molecule has 0 bridgehead atoms. The molecule has 130 valence electrons. The molecule has 1 atom stereocenters. The fourth-order valence-electron chi connectivity index (χ4n) is 3.07. The molecule has 1 amide bonds. The van der Waals surface area contributed by atoms with Gasteiger partial charge < -0.3 is 10.0 Å². The second-order valence-electron chi connectivity index (χ2n) is 6.22. The highest BCUT2D eigenvalue weighted by atomic mass is 32.2. The summed E-state index contributed by atoms with van der Waals surface area (Å²) in [5.41, 5.74) is 1.36. The summed E-state index contributed by atoms with van der Waals surface area (Å²) >= 11 is 0. The molecule has 1 aromatic carbocycles. The Labute approximate surface area is 142 Å². The molecule has 0 saturated carbocycles. The molecule has 6 nitrogen and oxygen atoms in total. The molecule has 1 saturated heterocycles. The maximum atomic E-state index is 12.5. The van der Waals surface area contributed by atoms with E-state index in [2.05, 4.69) is 4.72 Å². The maximum absolute atomic E-state index is 12.5. The van der Waals surface area contributed by atoms with Crippen LogP contribution in [0.1, 0.15) is 38.5 Å². The molecule has 0 unspecified atom stereocenters. The van der Waals surface area contributed by atoms with Crippen molar-refractivity contribution in [2.24, 2.45) is 0 Å². The fraction of sp³-hybridized carbons (Fsp3) is 0.471. The molecule has 0 aromatic heterocycles. The van der Waals surface area contributed by atoms with Crippen LogP contribution in [-0.2, 0) is 14.8 Å². The topological polar surface area (TPSA) is 86.7 Å². The van der Waals surface area contributed by atoms with Crippen molar-refractivity contribution in [2.75, 3.05) is 11.4 Å². The molecule has 3 rings (SSSR count). The smallest absolute Gasteiger partial charge is 0.261 e. The SMILES string of the molecule is O=C1[C@H](O)CCN1c1ccc(S(=O)(=O)NC2=CCCCCC2)cc1. The molecular formula is C17H22N2O4S. The van der Waals surface area contributed by atoms with Crippen molar-refractivity contribution < 1.29 is 18.3 Å². The molecule has 1 aliphatic heterocycles. The number of anilines is 1. The first-order chi connectivity index (χ1) is 11.5. The molecule has 2 aliphatic rings. The molecule has 2 N–H and O–H groups in total. The largest absolute Gasteiger partial charge is 0.383 e. The molecule has 1 fully saturated rings. The lowest BCUT2D eigenvalue weighted by Gasteiger charge is -2.16. The van der Waals surface area contributed by atoms with Gasteiger partial charge in [-0.2, -0.15) is 0 Å². The van der Waals surface area contributed by atoms with Crippen LogP contribution >= 0.6 is 0 Å². The van der Waals surface area contributed by atoms with Crippen LogP contribution < -0.4 is 9.62 Å². The van der Waals surface area contributed by atoms with E-state index in [-0.39, 0.29) is 10.8 Å². The van der Waals surface area contributed by atoms with E-state index in [0.29, 0.717) is 18.7 Å². The molecular weight excluding hydrogens is 328 g/mol. The zero-order chi connectivity index (χ0) is 17.2. The number of nitrogens with one attached hydrogen (secondary N) is 1. The Morgan fingerprint density at radius 1 is 1.12 bits per heavy atom. The lowest BCUT2D eigenvalue weighted by Crippen LogP contribution is -2.29. The Kier molecular flexibility index (Phi) is 4.91. The van der Waals surface area contributed by atoms with Crippen molar-refractivity contribution in [3.8, 4) is 0 Å². The quantitative estimate of drug-likeness (QED) is 0.868. The summed E-state index contributed by atoms with van der Waals surface area (Å²) in [5, 5.41) is 9.52. The van der Waals surface area contributed by atoms with Gasteiger partial charge in [-0.25, -0.2) is 8.42 Å². The van der Waals surface area contributed by atoms with Crippen LogP contribution in [0.5, 0.6) is 0 Å². The monoisotopic (exact) mass is 350 g/mol. The first-order valence-corrected chi connectivity index (χ1v) is 9.77. The number of carbonyl (C=O) groups is 1. The van der Waals surface area contributed by atoms with Crippen molar-refractivity contribution >= 4 is 21.6 Å². The van der Waals surface area contributed by atoms with Crippen LogP contribution in [0.15, 0.2) is 40.9 Å². The number of aliphatic hydroxyl groups excluding tert-OH is 1. The predicted molar refractivity (Wildman–Crippen MR) is 90.9 cm³/mol. The van der Waals surface area contributed by atoms with Crippen LogP contribution in [0.2, 0.25) is 0 Å². The third-order valence-electron chi connectivity index (χ3n) is 4.44. The van der Waals surface area contributed by atoms with Crippen molar-refractivity contribution in [1.82, 2.24) is 4.72 Å². The van der Waals surface area contributed by atoms with Crippen LogP contribution in [0, 0.1) is 0 Å². The highest BCUT2D eigenvalue weighted by Gasteiger charge is 2.30. The first kappa shape index (κ1) is 17.0. The predicted octanol–water partition coefficient (Wildman–Crippen LogP) is 1.91. The molecule has 0 radical (unpaired) electrons. The molecule has 24 heavy (non-hydrogen) atoms. The van der Waals surface area contributed by atoms with Gasteiger partial charge in [-0.1, -0.05) is 12.5 Å². The number of carbonyl (C=O) groups excluding carboxylic acids is 1. The molecule has 1 heterocycles. The van der Waals surface area contributed by atoms with E-state index >= 15 is 0 Å². The van der Waals surface area contributed by atoms with Crippen LogP contribution in [0.25, 0.3) is 0 Å². The van der Waals surface area contributed by atoms with E-state index in [0.717, 1.165) is 37.8 Å². The van der Waals surface area contributed by atoms with Gasteiger partial charge >= 0.3 is 0 Å². The molecule has 1 aromatic rings. The van der Waals surface area contributed by atoms with Crippen molar-refractivity contribution in [2.45, 2.75) is 49.5 Å². The van der Waals surface area contributed by atoms with Gasteiger partial charge in [0.1, 0.15) is 6.10 Å². The van der Waals surface area contributed by atoms with Crippen LogP contribution in [0.3, 0.4) is 0 Å². The van der Waals surface area contributed by atoms with Crippen LogP contribution in [-0.4, -0.2) is 32.1 Å². The molecule has 7 heteroatoms.